The van der Waals surface area contributed by atoms with Crippen molar-refractivity contribution < 1.29 is 9.53 Å². The second-order valence-electron chi connectivity index (χ2n) is 5.03. The van der Waals surface area contributed by atoms with Crippen LogP contribution in [0.25, 0.3) is 0 Å². The van der Waals surface area contributed by atoms with Crippen LogP contribution in [0.4, 0.5) is 0 Å². The number of carbonyl (C=O) groups excluding carboxylic acids is 1. The van der Waals surface area contributed by atoms with Gasteiger partial charge in [0.05, 0.1) is 17.2 Å². The lowest BCUT2D eigenvalue weighted by molar-refractivity contribution is -0.115. The summed E-state index contributed by atoms with van der Waals surface area (Å²) in [4.78, 5) is 12.4. The number of ether oxygens (including phenoxy) is 1. The van der Waals surface area contributed by atoms with Crippen LogP contribution in [0.2, 0.25) is 0 Å². The van der Waals surface area contributed by atoms with Gasteiger partial charge in [0, 0.05) is 0 Å². The summed E-state index contributed by atoms with van der Waals surface area (Å²) in [5.41, 5.74) is 5.93. The van der Waals surface area contributed by atoms with E-state index in [1.807, 2.05) is 60.7 Å². The van der Waals surface area contributed by atoms with Crippen molar-refractivity contribution in [2.75, 3.05) is 5.94 Å². The first kappa shape index (κ1) is 15.5. The number of allylic oxidation sites excluding steroid dienone is 1. The fourth-order valence-electron chi connectivity index (χ4n) is 2.39. The third kappa shape index (κ3) is 3.52. The van der Waals surface area contributed by atoms with E-state index in [-0.39, 0.29) is 0 Å². The molecule has 1 amide bonds. The molecule has 23 heavy (non-hydrogen) atoms. The lowest BCUT2D eigenvalue weighted by Gasteiger charge is -2.16. The van der Waals surface area contributed by atoms with Crippen LogP contribution in [0.3, 0.4) is 0 Å². The molecule has 0 saturated heterocycles. The molecule has 2 aromatic carbocycles. The average Bonchev–Trinajstić information content (AvgIpc) is 2.92. The van der Waals surface area contributed by atoms with Crippen molar-refractivity contribution in [3.8, 4) is 0 Å². The highest BCUT2D eigenvalue weighted by atomic mass is 32.2. The number of hydrazine groups is 1. The molecule has 0 radical (unpaired) electrons. The maximum Gasteiger partial charge on any atom is 0.238 e. The van der Waals surface area contributed by atoms with Crippen molar-refractivity contribution in [3.63, 3.8) is 0 Å². The van der Waals surface area contributed by atoms with E-state index < -0.39 is 10.7 Å². The van der Waals surface area contributed by atoms with Gasteiger partial charge in [0.15, 0.2) is 0 Å². The predicted molar refractivity (Wildman–Crippen MR) is 94.4 cm³/mol. The second kappa shape index (κ2) is 7.26. The number of hydrogen-bond donors (Lipinski definition) is 1. The van der Waals surface area contributed by atoms with Crippen molar-refractivity contribution in [2.45, 2.75) is 6.61 Å². The van der Waals surface area contributed by atoms with Gasteiger partial charge in [0.25, 0.3) is 0 Å². The first-order valence-electron chi connectivity index (χ1n) is 7.25. The largest absolute Gasteiger partial charge is 0.365 e. The van der Waals surface area contributed by atoms with Crippen LogP contribution in [-0.4, -0.2) is 21.6 Å². The predicted octanol–water partition coefficient (Wildman–Crippen LogP) is 3.06. The minimum atomic E-state index is -0.509. The molecule has 1 aliphatic rings. The van der Waals surface area contributed by atoms with E-state index >= 15 is 0 Å². The molecular formula is C18H18N2O2S. The molecule has 2 aromatic rings. The fraction of sp³-hybridized carbons (Fsp3) is 0.111. The van der Waals surface area contributed by atoms with Crippen molar-refractivity contribution in [2.24, 2.45) is 0 Å². The number of rotatable bonds is 6. The minimum absolute atomic E-state index is 0.434. The van der Waals surface area contributed by atoms with Crippen LogP contribution in [-0.2, 0) is 16.1 Å². The zero-order valence-electron chi connectivity index (χ0n) is 12.6. The highest BCUT2D eigenvalue weighted by Gasteiger charge is 2.25. The quantitative estimate of drug-likeness (QED) is 0.504. The fourth-order valence-corrected chi connectivity index (χ4v) is 4.12. The Bertz CT molecular complexity index is 729. The summed E-state index contributed by atoms with van der Waals surface area (Å²) in [6.07, 6.45) is 0.788. The van der Waals surface area contributed by atoms with E-state index in [0.717, 1.165) is 28.1 Å². The van der Waals surface area contributed by atoms with Gasteiger partial charge in [-0.15, -0.1) is 0 Å². The van der Waals surface area contributed by atoms with Crippen LogP contribution in [0, 0.1) is 0 Å². The third-order valence-corrected chi connectivity index (χ3v) is 5.43. The smallest absolute Gasteiger partial charge is 0.238 e. The number of nitrogens with one attached hydrogen (secondary N) is 1. The Morgan fingerprint density at radius 3 is 2.39 bits per heavy atom. The summed E-state index contributed by atoms with van der Waals surface area (Å²) in [6, 6.07) is 20.0. The topological polar surface area (TPSA) is 41.6 Å². The van der Waals surface area contributed by atoms with Gasteiger partial charge in [-0.3, -0.25) is 10.2 Å². The lowest BCUT2D eigenvalue weighted by Crippen LogP contribution is -2.26. The monoisotopic (exact) mass is 326 g/mol. The number of nitrogens with zero attached hydrogens (tertiary/aromatic N) is 1. The third-order valence-electron chi connectivity index (χ3n) is 3.43. The summed E-state index contributed by atoms with van der Waals surface area (Å²) in [6.45, 7) is 4.55. The Balaban J connectivity index is 1.81. The molecule has 4 nitrogen and oxygen atoms in total. The summed E-state index contributed by atoms with van der Waals surface area (Å²) >= 11 is 0. The van der Waals surface area contributed by atoms with E-state index in [1.54, 1.807) is 0 Å². The average molecular weight is 326 g/mol. The number of carbonyl (C=O) groups is 1. The van der Waals surface area contributed by atoms with E-state index in [0.29, 0.717) is 12.5 Å². The van der Waals surface area contributed by atoms with E-state index in [1.165, 1.54) is 4.41 Å². The van der Waals surface area contributed by atoms with Crippen molar-refractivity contribution in [1.29, 1.82) is 0 Å². The Hall–Kier alpha value is -2.37. The molecule has 0 aliphatic carbocycles. The Labute approximate surface area is 138 Å². The Morgan fingerprint density at radius 2 is 1.74 bits per heavy atom. The molecule has 1 N–H and O–H groups in total. The Kier molecular flexibility index (Phi) is 4.90. The molecule has 1 unspecified atom stereocenters. The summed E-state index contributed by atoms with van der Waals surface area (Å²) in [5.74, 6) is 0.434. The zero-order chi connectivity index (χ0) is 16.1. The number of amides is 1. The normalized spacial score (nSPS) is 17.2. The SMILES string of the molecule is C=C1NN(C=O)S(COCc2ccccc2)=C1c1ccccc1. The minimum Gasteiger partial charge on any atom is -0.365 e. The summed E-state index contributed by atoms with van der Waals surface area (Å²) in [5, 5.41) is 0. The van der Waals surface area contributed by atoms with Gasteiger partial charge in [0.1, 0.15) is 5.94 Å². The van der Waals surface area contributed by atoms with Crippen LogP contribution in [0.5, 0.6) is 0 Å². The van der Waals surface area contributed by atoms with Gasteiger partial charge < -0.3 is 4.74 Å². The van der Waals surface area contributed by atoms with Gasteiger partial charge in [-0.1, -0.05) is 67.2 Å². The van der Waals surface area contributed by atoms with Crippen LogP contribution in [0.1, 0.15) is 11.1 Å². The van der Waals surface area contributed by atoms with Crippen LogP contribution in [0.15, 0.2) is 72.9 Å². The van der Waals surface area contributed by atoms with Crippen molar-refractivity contribution >= 4 is 21.9 Å². The molecule has 5 heteroatoms. The molecule has 0 saturated carbocycles. The van der Waals surface area contributed by atoms with Crippen molar-refractivity contribution in [1.82, 2.24) is 9.84 Å². The first-order valence-corrected chi connectivity index (χ1v) is 8.60. The van der Waals surface area contributed by atoms with Crippen molar-refractivity contribution in [3.05, 3.63) is 84.1 Å². The standard InChI is InChI=1S/C18H18N2O2S/c1-15-18(17-10-6-3-7-11-17)23(20(13-21)19-15)14-22-12-16-8-4-2-5-9-16/h2-11,13,19H,1,12,14H2. The maximum atomic E-state index is 11.3. The molecule has 0 fully saturated rings. The molecule has 3 rings (SSSR count). The number of benzene rings is 2. The first-order chi connectivity index (χ1) is 11.3. The molecular weight excluding hydrogens is 308 g/mol. The molecule has 0 spiro atoms. The Morgan fingerprint density at radius 1 is 1.09 bits per heavy atom. The lowest BCUT2D eigenvalue weighted by atomic mass is 10.1. The molecule has 1 atom stereocenters. The molecule has 0 bridgehead atoms. The van der Waals surface area contributed by atoms with Gasteiger partial charge in [0.2, 0.25) is 6.41 Å². The highest BCUT2D eigenvalue weighted by Crippen LogP contribution is 2.31. The molecule has 1 heterocycles. The maximum absolute atomic E-state index is 11.3. The van der Waals surface area contributed by atoms with Gasteiger partial charge >= 0.3 is 0 Å². The van der Waals surface area contributed by atoms with E-state index in [2.05, 4.69) is 12.0 Å². The molecule has 0 aromatic heterocycles. The highest BCUT2D eigenvalue weighted by molar-refractivity contribution is 8.15. The van der Waals surface area contributed by atoms with Crippen LogP contribution >= 0.6 is 10.7 Å². The summed E-state index contributed by atoms with van der Waals surface area (Å²) < 4.78 is 7.38. The number of hydrogen-bond acceptors (Lipinski definition) is 3. The van der Waals surface area contributed by atoms with E-state index in [4.69, 9.17) is 4.74 Å². The molecule has 118 valence electrons. The van der Waals surface area contributed by atoms with E-state index in [9.17, 15) is 4.79 Å². The van der Waals surface area contributed by atoms with Gasteiger partial charge in [-0.05, 0) is 21.8 Å². The molecule has 1 aliphatic heterocycles. The second-order valence-corrected chi connectivity index (χ2v) is 6.80. The van der Waals surface area contributed by atoms with Gasteiger partial charge in [-0.2, -0.15) is 0 Å². The summed E-state index contributed by atoms with van der Waals surface area (Å²) in [7, 11) is -0.509. The van der Waals surface area contributed by atoms with Crippen LogP contribution < -0.4 is 5.43 Å². The zero-order valence-corrected chi connectivity index (χ0v) is 13.5. The van der Waals surface area contributed by atoms with Gasteiger partial charge in [-0.25, -0.2) is 4.41 Å².